The summed E-state index contributed by atoms with van der Waals surface area (Å²) in [7, 11) is -11.7. The van der Waals surface area contributed by atoms with Crippen molar-refractivity contribution >= 4 is 35.6 Å². The van der Waals surface area contributed by atoms with Crippen molar-refractivity contribution in [2.45, 2.75) is 4.90 Å². The van der Waals surface area contributed by atoms with Gasteiger partial charge in [0.05, 0.1) is 17.2 Å². The molecule has 0 saturated heterocycles. The molecule has 0 aliphatic heterocycles. The maximum absolute atomic E-state index is 13.5. The number of halogens is 1. The minimum Gasteiger partial charge on any atom is -0.283 e. The van der Waals surface area contributed by atoms with Gasteiger partial charge in [0, 0.05) is 6.26 Å². The van der Waals surface area contributed by atoms with Crippen LogP contribution in [0.2, 0.25) is 0 Å². The van der Waals surface area contributed by atoms with Crippen LogP contribution in [0, 0.1) is 5.82 Å². The highest BCUT2D eigenvalue weighted by Crippen LogP contribution is 2.18. The Bertz CT molecular complexity index is 845. The lowest BCUT2D eigenvalue weighted by molar-refractivity contribution is 0.568. The van der Waals surface area contributed by atoms with Crippen LogP contribution >= 0.6 is 0 Å². The van der Waals surface area contributed by atoms with Gasteiger partial charge >= 0.3 is 0 Å². The van der Waals surface area contributed by atoms with E-state index in [1.165, 1.54) is 0 Å². The van der Waals surface area contributed by atoms with Crippen LogP contribution in [0.1, 0.15) is 0 Å². The van der Waals surface area contributed by atoms with Gasteiger partial charge < -0.3 is 0 Å². The number of hydrogen-bond acceptors (Lipinski definition) is 6. The number of benzene rings is 1. The number of primary sulfonamides is 1. The number of hydrogen-bond donors (Lipinski definition) is 2. The van der Waals surface area contributed by atoms with E-state index in [-0.39, 0.29) is 5.69 Å². The Morgan fingerprint density at radius 1 is 1.10 bits per heavy atom. The van der Waals surface area contributed by atoms with E-state index in [0.717, 1.165) is 18.4 Å². The Kier molecular flexibility index (Phi) is 4.98. The highest BCUT2D eigenvalue weighted by atomic mass is 32.2. The average molecular weight is 360 g/mol. The first-order valence-electron chi connectivity index (χ1n) is 5.31. The second-order valence-corrected chi connectivity index (χ2v) is 9.87. The van der Waals surface area contributed by atoms with Gasteiger partial charge in [0.15, 0.2) is 0 Å². The number of anilines is 1. The van der Waals surface area contributed by atoms with Crippen molar-refractivity contribution in [2.24, 2.45) is 5.14 Å². The molecule has 0 saturated carbocycles. The lowest BCUT2D eigenvalue weighted by Gasteiger charge is -2.08. The summed E-state index contributed by atoms with van der Waals surface area (Å²) in [6.45, 7) is 0. The van der Waals surface area contributed by atoms with E-state index in [0.29, 0.717) is 6.07 Å². The van der Waals surface area contributed by atoms with E-state index in [9.17, 15) is 29.6 Å². The Morgan fingerprint density at radius 3 is 2.10 bits per heavy atom. The first-order valence-corrected chi connectivity index (χ1v) is 10.6. The van der Waals surface area contributed by atoms with Crippen LogP contribution in [-0.2, 0) is 29.9 Å². The van der Waals surface area contributed by atoms with Crippen molar-refractivity contribution in [1.29, 1.82) is 0 Å². The monoisotopic (exact) mass is 360 g/mol. The van der Waals surface area contributed by atoms with Crippen LogP contribution in [0.15, 0.2) is 23.1 Å². The molecule has 0 aliphatic rings. The van der Waals surface area contributed by atoms with Crippen LogP contribution in [-0.4, -0.2) is 43.0 Å². The van der Waals surface area contributed by atoms with E-state index < -0.39 is 52.1 Å². The summed E-state index contributed by atoms with van der Waals surface area (Å²) in [4.78, 5) is -0.776. The third-order valence-electron chi connectivity index (χ3n) is 2.23. The highest BCUT2D eigenvalue weighted by Gasteiger charge is 2.18. The molecule has 12 heteroatoms. The van der Waals surface area contributed by atoms with Crippen LogP contribution in [0.3, 0.4) is 0 Å². The molecule has 0 heterocycles. The van der Waals surface area contributed by atoms with Gasteiger partial charge in [-0.3, -0.25) is 4.72 Å². The first kappa shape index (κ1) is 17.8. The Morgan fingerprint density at radius 2 is 1.67 bits per heavy atom. The zero-order chi connectivity index (χ0) is 16.5. The molecule has 0 spiro atoms. The molecule has 0 unspecified atom stereocenters. The minimum absolute atomic E-state index is 0.242. The summed E-state index contributed by atoms with van der Waals surface area (Å²) in [6, 6.07) is 2.44. The van der Waals surface area contributed by atoms with E-state index in [2.05, 4.69) is 0 Å². The van der Waals surface area contributed by atoms with Gasteiger partial charge in [-0.1, -0.05) is 0 Å². The molecule has 0 bridgehead atoms. The van der Waals surface area contributed by atoms with Crippen molar-refractivity contribution in [3.63, 3.8) is 0 Å². The number of nitrogens with two attached hydrogens (primary N) is 1. The molecule has 1 aromatic carbocycles. The van der Waals surface area contributed by atoms with Gasteiger partial charge in [-0.25, -0.2) is 34.8 Å². The fraction of sp³-hybridized carbons (Fsp3) is 0.333. The Hall–Kier alpha value is -1.24. The normalized spacial score (nSPS) is 13.1. The maximum atomic E-state index is 13.5. The molecule has 0 amide bonds. The van der Waals surface area contributed by atoms with Crippen molar-refractivity contribution < 1.29 is 29.6 Å². The molecule has 1 rings (SSSR count). The van der Waals surface area contributed by atoms with Crippen LogP contribution in [0.5, 0.6) is 0 Å². The van der Waals surface area contributed by atoms with Crippen molar-refractivity contribution in [3.05, 3.63) is 24.0 Å². The van der Waals surface area contributed by atoms with Gasteiger partial charge in [0.1, 0.15) is 20.5 Å². The predicted octanol–water partition coefficient (Wildman–Crippen LogP) is -0.741. The van der Waals surface area contributed by atoms with Gasteiger partial charge in [-0.15, -0.1) is 0 Å². The molecule has 0 atom stereocenters. The molecular formula is C9H13FN2O6S3. The maximum Gasteiger partial charge on any atom is 0.240 e. The Labute approximate surface area is 122 Å². The topological polar surface area (TPSA) is 140 Å². The van der Waals surface area contributed by atoms with E-state index in [1.807, 2.05) is 4.72 Å². The summed E-state index contributed by atoms with van der Waals surface area (Å²) in [6.07, 6.45) is 0.878. The van der Waals surface area contributed by atoms with E-state index in [1.54, 1.807) is 0 Å². The van der Waals surface area contributed by atoms with Gasteiger partial charge in [-0.05, 0) is 18.2 Å². The van der Waals surface area contributed by atoms with Gasteiger partial charge in [0.2, 0.25) is 20.0 Å². The molecule has 0 radical (unpaired) electrons. The SMILES string of the molecule is CS(=O)(=O)CCS(=O)(=O)Nc1ccc(S(N)(=O)=O)c(F)c1. The minimum atomic E-state index is -4.26. The quantitative estimate of drug-likeness (QED) is 0.684. The predicted molar refractivity (Wildman–Crippen MR) is 74.9 cm³/mol. The van der Waals surface area contributed by atoms with Gasteiger partial charge in [0.25, 0.3) is 0 Å². The number of nitrogens with one attached hydrogen (secondary N) is 1. The first-order chi connectivity index (χ1) is 9.30. The molecule has 21 heavy (non-hydrogen) atoms. The zero-order valence-electron chi connectivity index (χ0n) is 10.8. The third kappa shape index (κ3) is 5.95. The van der Waals surface area contributed by atoms with Crippen molar-refractivity contribution in [1.82, 2.24) is 0 Å². The van der Waals surface area contributed by atoms with E-state index >= 15 is 0 Å². The molecule has 0 aromatic heterocycles. The number of sulfone groups is 1. The molecule has 3 N–H and O–H groups in total. The molecule has 120 valence electrons. The highest BCUT2D eigenvalue weighted by molar-refractivity contribution is 7.95. The second kappa shape index (κ2) is 5.87. The summed E-state index contributed by atoms with van der Waals surface area (Å²) < 4.78 is 82.5. The second-order valence-electron chi connectivity index (χ2n) is 4.24. The molecule has 0 fully saturated rings. The molecule has 0 aliphatic carbocycles. The lowest BCUT2D eigenvalue weighted by Crippen LogP contribution is -2.22. The standard InChI is InChI=1S/C9H13FN2O6S3/c1-19(13,14)4-5-20(15,16)12-7-2-3-9(8(10)6-7)21(11,17)18/h2-3,6,12H,4-5H2,1H3,(H2,11,17,18). The lowest BCUT2D eigenvalue weighted by atomic mass is 10.3. The smallest absolute Gasteiger partial charge is 0.240 e. The van der Waals surface area contributed by atoms with E-state index in [4.69, 9.17) is 5.14 Å². The van der Waals surface area contributed by atoms with Crippen LogP contribution < -0.4 is 9.86 Å². The summed E-state index contributed by atoms with van der Waals surface area (Å²) >= 11 is 0. The van der Waals surface area contributed by atoms with Crippen LogP contribution in [0.4, 0.5) is 10.1 Å². The van der Waals surface area contributed by atoms with Crippen molar-refractivity contribution in [3.8, 4) is 0 Å². The van der Waals surface area contributed by atoms with Crippen LogP contribution in [0.25, 0.3) is 0 Å². The third-order valence-corrected chi connectivity index (χ3v) is 5.67. The number of rotatable bonds is 6. The summed E-state index contributed by atoms with van der Waals surface area (Å²) in [5.41, 5.74) is -0.242. The average Bonchev–Trinajstić information content (AvgIpc) is 2.23. The fourth-order valence-corrected chi connectivity index (χ4v) is 4.55. The molecule has 8 nitrogen and oxygen atoms in total. The Balaban J connectivity index is 2.97. The molecule has 1 aromatic rings. The van der Waals surface area contributed by atoms with Gasteiger partial charge in [-0.2, -0.15) is 0 Å². The fourth-order valence-electron chi connectivity index (χ4n) is 1.29. The summed E-state index contributed by atoms with van der Waals surface area (Å²) in [5.74, 6) is -2.52. The molecular weight excluding hydrogens is 347 g/mol. The summed E-state index contributed by atoms with van der Waals surface area (Å²) in [5, 5.41) is 4.76. The largest absolute Gasteiger partial charge is 0.283 e. The zero-order valence-corrected chi connectivity index (χ0v) is 13.2. The van der Waals surface area contributed by atoms with Crippen molar-refractivity contribution in [2.75, 3.05) is 22.5 Å². The number of sulfonamides is 2.